The summed E-state index contributed by atoms with van der Waals surface area (Å²) in [5.74, 6) is 0. The predicted octanol–water partition coefficient (Wildman–Crippen LogP) is 3.95. The van der Waals surface area contributed by atoms with Crippen LogP contribution in [0.25, 0.3) is 6.08 Å². The minimum Gasteiger partial charge on any atom is -0.423 e. The fraction of sp³-hybridized carbons (Fsp3) is 0.263. The average Bonchev–Trinajstić information content (AvgIpc) is 3.00. The zero-order valence-corrected chi connectivity index (χ0v) is 15.7. The molecule has 25 heavy (non-hydrogen) atoms. The van der Waals surface area contributed by atoms with Gasteiger partial charge in [-0.2, -0.15) is 0 Å². The average molecular weight is 357 g/mol. The van der Waals surface area contributed by atoms with Crippen molar-refractivity contribution in [1.82, 2.24) is 0 Å². The molecule has 0 spiro atoms. The van der Waals surface area contributed by atoms with Gasteiger partial charge in [0.25, 0.3) is 0 Å². The van der Waals surface area contributed by atoms with Crippen molar-refractivity contribution in [1.29, 1.82) is 0 Å². The van der Waals surface area contributed by atoms with Gasteiger partial charge in [0.2, 0.25) is 5.06 Å². The summed E-state index contributed by atoms with van der Waals surface area (Å²) in [5.41, 5.74) is 6.72. The highest BCUT2D eigenvalue weighted by molar-refractivity contribution is 7.14. The summed E-state index contributed by atoms with van der Waals surface area (Å²) in [4.78, 5) is 6.82. The molecule has 1 aromatic carbocycles. The van der Waals surface area contributed by atoms with Crippen LogP contribution in [0.1, 0.15) is 29.9 Å². The van der Waals surface area contributed by atoms with Gasteiger partial charge in [0.05, 0.1) is 5.69 Å². The first-order valence-electron chi connectivity index (χ1n) is 8.42. The zero-order chi connectivity index (χ0) is 18.2. The molecular weight excluding hydrogens is 333 g/mol. The third-order valence-electron chi connectivity index (χ3n) is 3.67. The van der Waals surface area contributed by atoms with E-state index in [0.717, 1.165) is 33.8 Å². The van der Waals surface area contributed by atoms with Gasteiger partial charge in [0, 0.05) is 17.6 Å². The van der Waals surface area contributed by atoms with Crippen molar-refractivity contribution in [2.75, 3.05) is 12.1 Å². The molecule has 0 fully saturated rings. The van der Waals surface area contributed by atoms with Gasteiger partial charge in [-0.1, -0.05) is 44.7 Å². The molecular formula is C19H24BNO3S. The monoisotopic (exact) mass is 357 g/mol. The smallest absolute Gasteiger partial charge is 0.423 e. The molecule has 4 nitrogen and oxygen atoms in total. The minimum absolute atomic E-state index is 0.549. The van der Waals surface area contributed by atoms with Crippen molar-refractivity contribution in [3.05, 3.63) is 59.0 Å². The first kappa shape index (κ1) is 19.3. The van der Waals surface area contributed by atoms with Crippen molar-refractivity contribution in [3.8, 4) is 5.06 Å². The van der Waals surface area contributed by atoms with Gasteiger partial charge in [-0.3, -0.25) is 0 Å². The highest BCUT2D eigenvalue weighted by atomic mass is 32.1. The molecule has 0 bridgehead atoms. The molecule has 1 aliphatic rings. The number of thiophene rings is 1. The van der Waals surface area contributed by atoms with Crippen LogP contribution >= 0.6 is 11.3 Å². The van der Waals surface area contributed by atoms with Gasteiger partial charge in [-0.25, -0.2) is 5.48 Å². The standard InChI is InChI=1S/C17H18BNO3S.C2H6/c1-3-4-5-14-10-17(23-12(14)2)22-19-15-7-6-13-8-9-21-18(20)16(13)11-15;1-2/h3-7,10-11,19-20H,1,8-9H2,2H3;1-2H3/b5-4-;. The quantitative estimate of drug-likeness (QED) is 0.483. The number of fused-ring (bicyclic) bond motifs is 1. The number of hydrogen-bond donors (Lipinski definition) is 2. The number of rotatable bonds is 5. The van der Waals surface area contributed by atoms with Crippen LogP contribution in [-0.2, 0) is 11.1 Å². The Bertz CT molecular complexity index is 742. The maximum absolute atomic E-state index is 9.89. The lowest BCUT2D eigenvalue weighted by Gasteiger charge is -2.19. The molecule has 2 N–H and O–H groups in total. The van der Waals surface area contributed by atoms with Gasteiger partial charge in [-0.15, -0.1) is 11.3 Å². The van der Waals surface area contributed by atoms with Gasteiger partial charge >= 0.3 is 7.12 Å². The van der Waals surface area contributed by atoms with Crippen LogP contribution in [0, 0.1) is 6.92 Å². The van der Waals surface area contributed by atoms with E-state index in [1.54, 1.807) is 17.4 Å². The molecule has 0 amide bonds. The maximum Gasteiger partial charge on any atom is 0.491 e. The van der Waals surface area contributed by atoms with E-state index in [1.165, 1.54) is 4.88 Å². The van der Waals surface area contributed by atoms with E-state index >= 15 is 0 Å². The third kappa shape index (κ3) is 4.98. The highest BCUT2D eigenvalue weighted by Crippen LogP contribution is 2.29. The van der Waals surface area contributed by atoms with Crippen LogP contribution in [0.2, 0.25) is 0 Å². The molecule has 2 aromatic rings. The summed E-state index contributed by atoms with van der Waals surface area (Å²) in [7, 11) is -0.861. The van der Waals surface area contributed by atoms with E-state index in [9.17, 15) is 5.02 Å². The molecule has 0 saturated heterocycles. The largest absolute Gasteiger partial charge is 0.491 e. The normalized spacial score (nSPS) is 13.0. The van der Waals surface area contributed by atoms with E-state index in [-0.39, 0.29) is 0 Å². The lowest BCUT2D eigenvalue weighted by Crippen LogP contribution is -2.41. The van der Waals surface area contributed by atoms with E-state index in [4.69, 9.17) is 9.49 Å². The third-order valence-corrected chi connectivity index (χ3v) is 4.62. The van der Waals surface area contributed by atoms with Crippen molar-refractivity contribution in [2.45, 2.75) is 27.2 Å². The second-order valence-electron chi connectivity index (χ2n) is 5.26. The zero-order valence-electron chi connectivity index (χ0n) is 14.9. The molecule has 1 aliphatic heterocycles. The van der Waals surface area contributed by atoms with Crippen LogP contribution in [-0.4, -0.2) is 18.7 Å². The molecule has 132 valence electrons. The van der Waals surface area contributed by atoms with Crippen LogP contribution in [0.15, 0.2) is 43.0 Å². The summed E-state index contributed by atoms with van der Waals surface area (Å²) in [6.07, 6.45) is 6.46. The minimum atomic E-state index is -0.861. The Morgan fingerprint density at radius 1 is 1.36 bits per heavy atom. The molecule has 6 heteroatoms. The maximum atomic E-state index is 9.89. The van der Waals surface area contributed by atoms with Gasteiger partial charge in [0.1, 0.15) is 0 Å². The Morgan fingerprint density at radius 2 is 2.16 bits per heavy atom. The molecule has 0 unspecified atom stereocenters. The Kier molecular flexibility index (Phi) is 7.31. The molecule has 3 rings (SSSR count). The molecule has 2 heterocycles. The Morgan fingerprint density at radius 3 is 2.92 bits per heavy atom. The van der Waals surface area contributed by atoms with Gasteiger partial charge in [-0.05, 0) is 42.1 Å². The van der Waals surface area contributed by atoms with E-state index in [1.807, 2.05) is 57.2 Å². The van der Waals surface area contributed by atoms with Crippen molar-refractivity contribution in [3.63, 3.8) is 0 Å². The number of anilines is 1. The Hall–Kier alpha value is -2.02. The molecule has 1 aromatic heterocycles. The van der Waals surface area contributed by atoms with E-state index in [0.29, 0.717) is 6.61 Å². The lowest BCUT2D eigenvalue weighted by molar-refractivity contribution is 0.266. The second kappa shape index (κ2) is 9.46. The van der Waals surface area contributed by atoms with Crippen LogP contribution in [0.5, 0.6) is 5.06 Å². The van der Waals surface area contributed by atoms with Crippen molar-refractivity contribution in [2.24, 2.45) is 0 Å². The fourth-order valence-corrected chi connectivity index (χ4v) is 3.27. The van der Waals surface area contributed by atoms with E-state index in [2.05, 4.69) is 12.1 Å². The predicted molar refractivity (Wildman–Crippen MR) is 108 cm³/mol. The summed E-state index contributed by atoms with van der Waals surface area (Å²) in [6.45, 7) is 10.3. The van der Waals surface area contributed by atoms with Crippen LogP contribution in [0.3, 0.4) is 0 Å². The molecule has 0 saturated carbocycles. The van der Waals surface area contributed by atoms with Crippen LogP contribution < -0.4 is 15.8 Å². The number of benzene rings is 1. The number of nitrogens with one attached hydrogen (secondary N) is 1. The summed E-state index contributed by atoms with van der Waals surface area (Å²) >= 11 is 1.57. The summed E-state index contributed by atoms with van der Waals surface area (Å²) in [5, 5.41) is 10.7. The number of allylic oxidation sites excluding steroid dienone is 2. The first-order chi connectivity index (χ1) is 12.2. The Balaban J connectivity index is 0.00000109. The SMILES string of the molecule is C=C/C=C\c1cc(ONc2ccc3c(c2)B(O)OCC3)sc1C.CC. The van der Waals surface area contributed by atoms with Crippen molar-refractivity contribution >= 4 is 35.7 Å². The lowest BCUT2D eigenvalue weighted by atomic mass is 9.73. The summed E-state index contributed by atoms with van der Waals surface area (Å²) < 4.78 is 5.25. The highest BCUT2D eigenvalue weighted by Gasteiger charge is 2.24. The van der Waals surface area contributed by atoms with E-state index < -0.39 is 7.12 Å². The number of aryl methyl sites for hydroxylation is 1. The summed E-state index contributed by atoms with van der Waals surface area (Å²) in [6, 6.07) is 7.77. The molecule has 0 aliphatic carbocycles. The molecule has 0 radical (unpaired) electrons. The second-order valence-corrected chi connectivity index (χ2v) is 6.48. The molecule has 0 atom stereocenters. The first-order valence-corrected chi connectivity index (χ1v) is 9.24. The van der Waals surface area contributed by atoms with Crippen LogP contribution in [0.4, 0.5) is 5.69 Å². The number of hydrogen-bond acceptors (Lipinski definition) is 5. The Labute approximate surface area is 153 Å². The topological polar surface area (TPSA) is 50.7 Å². The van der Waals surface area contributed by atoms with Gasteiger partial charge in [0.15, 0.2) is 0 Å². The van der Waals surface area contributed by atoms with Crippen molar-refractivity contribution < 1.29 is 14.5 Å². The fourth-order valence-electron chi connectivity index (χ4n) is 2.45. The van der Waals surface area contributed by atoms with Gasteiger partial charge < -0.3 is 14.5 Å².